The number of hydrogen-bond donors (Lipinski definition) is 2. The number of hydrogen-bond acceptors (Lipinski definition) is 6. The van der Waals surface area contributed by atoms with Gasteiger partial charge in [0.2, 0.25) is 0 Å². The molecule has 0 saturated carbocycles. The van der Waals surface area contributed by atoms with Crippen LogP contribution >= 0.6 is 0 Å². The first-order valence-corrected chi connectivity index (χ1v) is 6.28. The standard InChI is InChI=1S/C13H15N7/c1-20-8-10(18-19-20)7-12(17-14)9-2-3-11-13(6-9)16-5-4-15-11/h2-6,8,12,17H,7,14H2,1H3. The van der Waals surface area contributed by atoms with E-state index < -0.39 is 0 Å². The number of nitrogens with zero attached hydrogens (tertiary/aromatic N) is 5. The van der Waals surface area contributed by atoms with Crippen molar-refractivity contribution in [2.24, 2.45) is 12.9 Å². The highest BCUT2D eigenvalue weighted by Gasteiger charge is 2.13. The summed E-state index contributed by atoms with van der Waals surface area (Å²) in [5, 5.41) is 8.00. The van der Waals surface area contributed by atoms with Crippen LogP contribution in [0.4, 0.5) is 0 Å². The predicted molar refractivity (Wildman–Crippen MR) is 74.3 cm³/mol. The minimum absolute atomic E-state index is 0.0434. The Morgan fingerprint density at radius 1 is 1.25 bits per heavy atom. The highest BCUT2D eigenvalue weighted by Crippen LogP contribution is 2.20. The van der Waals surface area contributed by atoms with Crippen LogP contribution in [0.5, 0.6) is 0 Å². The van der Waals surface area contributed by atoms with Crippen LogP contribution in [0.2, 0.25) is 0 Å². The third-order valence-corrected chi connectivity index (χ3v) is 3.16. The van der Waals surface area contributed by atoms with Crippen LogP contribution in [0.25, 0.3) is 11.0 Å². The smallest absolute Gasteiger partial charge is 0.0890 e. The summed E-state index contributed by atoms with van der Waals surface area (Å²) in [7, 11) is 1.84. The number of hydrazine groups is 1. The van der Waals surface area contributed by atoms with Gasteiger partial charge in [0.1, 0.15) is 0 Å². The minimum Gasteiger partial charge on any atom is -0.271 e. The summed E-state index contributed by atoms with van der Waals surface area (Å²) in [6.45, 7) is 0. The average Bonchev–Trinajstić information content (AvgIpc) is 2.89. The Labute approximate surface area is 115 Å². The molecule has 20 heavy (non-hydrogen) atoms. The molecular formula is C13H15N7. The third kappa shape index (κ3) is 2.49. The third-order valence-electron chi connectivity index (χ3n) is 3.16. The van der Waals surface area contributed by atoms with Gasteiger partial charge < -0.3 is 0 Å². The predicted octanol–water partition coefficient (Wildman–Crippen LogP) is 0.505. The zero-order valence-corrected chi connectivity index (χ0v) is 11.1. The zero-order chi connectivity index (χ0) is 13.9. The molecule has 2 aromatic heterocycles. The Morgan fingerprint density at radius 2 is 2.05 bits per heavy atom. The highest BCUT2D eigenvalue weighted by atomic mass is 15.4. The van der Waals surface area contributed by atoms with Crippen molar-refractivity contribution in [2.75, 3.05) is 0 Å². The molecule has 3 N–H and O–H groups in total. The molecule has 0 radical (unpaired) electrons. The molecule has 0 aliphatic heterocycles. The van der Waals surface area contributed by atoms with Crippen molar-refractivity contribution in [3.8, 4) is 0 Å². The van der Waals surface area contributed by atoms with E-state index in [1.807, 2.05) is 31.4 Å². The van der Waals surface area contributed by atoms with Crippen LogP contribution in [0.3, 0.4) is 0 Å². The number of nitrogens with one attached hydrogen (secondary N) is 1. The Balaban J connectivity index is 1.90. The molecule has 1 atom stereocenters. The Kier molecular flexibility index (Phi) is 3.36. The maximum absolute atomic E-state index is 5.66. The summed E-state index contributed by atoms with van der Waals surface area (Å²) >= 11 is 0. The van der Waals surface area contributed by atoms with E-state index >= 15 is 0 Å². The van der Waals surface area contributed by atoms with Gasteiger partial charge in [-0.2, -0.15) is 0 Å². The lowest BCUT2D eigenvalue weighted by atomic mass is 10.0. The number of aromatic nitrogens is 5. The molecule has 0 spiro atoms. The quantitative estimate of drug-likeness (QED) is 0.529. The van der Waals surface area contributed by atoms with E-state index in [-0.39, 0.29) is 6.04 Å². The number of aryl methyl sites for hydroxylation is 1. The fourth-order valence-corrected chi connectivity index (χ4v) is 2.17. The molecule has 3 aromatic rings. The van der Waals surface area contributed by atoms with Gasteiger partial charge in [0, 0.05) is 32.1 Å². The summed E-state index contributed by atoms with van der Waals surface area (Å²) < 4.78 is 1.68. The van der Waals surface area contributed by atoms with E-state index in [2.05, 4.69) is 25.7 Å². The van der Waals surface area contributed by atoms with Crippen molar-refractivity contribution >= 4 is 11.0 Å². The van der Waals surface area contributed by atoms with E-state index in [1.54, 1.807) is 17.1 Å². The molecule has 3 rings (SSSR count). The largest absolute Gasteiger partial charge is 0.271 e. The lowest BCUT2D eigenvalue weighted by Crippen LogP contribution is -2.29. The van der Waals surface area contributed by atoms with Crippen molar-refractivity contribution in [3.05, 3.63) is 48.0 Å². The second-order valence-electron chi connectivity index (χ2n) is 4.61. The summed E-state index contributed by atoms with van der Waals surface area (Å²) in [5.74, 6) is 5.66. The molecule has 7 nitrogen and oxygen atoms in total. The number of rotatable bonds is 4. The SMILES string of the molecule is Cn1cc(CC(NN)c2ccc3nccnc3c2)nn1. The van der Waals surface area contributed by atoms with Crippen molar-refractivity contribution in [2.45, 2.75) is 12.5 Å². The second kappa shape index (κ2) is 5.32. The summed E-state index contributed by atoms with van der Waals surface area (Å²) in [4.78, 5) is 8.56. The van der Waals surface area contributed by atoms with Crippen molar-refractivity contribution < 1.29 is 0 Å². The first kappa shape index (κ1) is 12.6. The van der Waals surface area contributed by atoms with Crippen LogP contribution in [-0.2, 0) is 13.5 Å². The van der Waals surface area contributed by atoms with Crippen LogP contribution in [0, 0.1) is 0 Å². The topological polar surface area (TPSA) is 94.5 Å². The van der Waals surface area contributed by atoms with Crippen molar-refractivity contribution in [3.63, 3.8) is 0 Å². The van der Waals surface area contributed by atoms with Gasteiger partial charge in [-0.1, -0.05) is 11.3 Å². The number of fused-ring (bicyclic) bond motifs is 1. The fourth-order valence-electron chi connectivity index (χ4n) is 2.17. The van der Waals surface area contributed by atoms with Gasteiger partial charge in [-0.3, -0.25) is 25.9 Å². The number of benzene rings is 1. The fraction of sp³-hybridized carbons (Fsp3) is 0.231. The van der Waals surface area contributed by atoms with E-state index in [1.165, 1.54) is 0 Å². The van der Waals surface area contributed by atoms with E-state index in [0.29, 0.717) is 6.42 Å². The minimum atomic E-state index is -0.0434. The summed E-state index contributed by atoms with van der Waals surface area (Å²) in [6.07, 6.45) is 5.90. The van der Waals surface area contributed by atoms with Crippen molar-refractivity contribution in [1.82, 2.24) is 30.4 Å². The van der Waals surface area contributed by atoms with Gasteiger partial charge in [0.05, 0.1) is 22.8 Å². The van der Waals surface area contributed by atoms with Crippen LogP contribution in [0.15, 0.2) is 36.8 Å². The maximum Gasteiger partial charge on any atom is 0.0890 e. The first-order chi connectivity index (χ1) is 9.76. The van der Waals surface area contributed by atoms with Gasteiger partial charge in [-0.05, 0) is 17.7 Å². The Bertz CT molecular complexity index is 721. The average molecular weight is 269 g/mol. The number of nitrogens with two attached hydrogens (primary N) is 1. The molecule has 0 fully saturated rings. The van der Waals surface area contributed by atoms with Gasteiger partial charge >= 0.3 is 0 Å². The molecule has 0 bridgehead atoms. The molecule has 0 amide bonds. The Hall–Kier alpha value is -2.38. The van der Waals surface area contributed by atoms with E-state index in [0.717, 1.165) is 22.3 Å². The van der Waals surface area contributed by atoms with Crippen LogP contribution in [0.1, 0.15) is 17.3 Å². The van der Waals surface area contributed by atoms with Gasteiger partial charge in [-0.25, -0.2) is 0 Å². The van der Waals surface area contributed by atoms with Gasteiger partial charge in [0.15, 0.2) is 0 Å². The molecule has 102 valence electrons. The summed E-state index contributed by atoms with van der Waals surface area (Å²) in [6, 6.07) is 5.89. The maximum atomic E-state index is 5.66. The molecule has 1 aromatic carbocycles. The Morgan fingerprint density at radius 3 is 2.75 bits per heavy atom. The molecule has 0 saturated heterocycles. The first-order valence-electron chi connectivity index (χ1n) is 6.28. The van der Waals surface area contributed by atoms with E-state index in [9.17, 15) is 0 Å². The molecule has 2 heterocycles. The molecular weight excluding hydrogens is 254 g/mol. The zero-order valence-electron chi connectivity index (χ0n) is 11.1. The normalized spacial score (nSPS) is 12.7. The molecule has 0 aliphatic rings. The molecule has 7 heteroatoms. The molecule has 0 aliphatic carbocycles. The van der Waals surface area contributed by atoms with Crippen molar-refractivity contribution in [1.29, 1.82) is 0 Å². The van der Waals surface area contributed by atoms with Crippen LogP contribution < -0.4 is 11.3 Å². The highest BCUT2D eigenvalue weighted by molar-refractivity contribution is 5.74. The van der Waals surface area contributed by atoms with E-state index in [4.69, 9.17) is 5.84 Å². The van der Waals surface area contributed by atoms with Crippen LogP contribution in [-0.4, -0.2) is 25.0 Å². The van der Waals surface area contributed by atoms with Gasteiger partial charge in [-0.15, -0.1) is 5.10 Å². The monoisotopic (exact) mass is 269 g/mol. The summed E-state index contributed by atoms with van der Waals surface area (Å²) in [5.41, 5.74) is 6.47. The lowest BCUT2D eigenvalue weighted by molar-refractivity contribution is 0.546. The molecule has 1 unspecified atom stereocenters. The lowest BCUT2D eigenvalue weighted by Gasteiger charge is -2.15. The van der Waals surface area contributed by atoms with Gasteiger partial charge in [0.25, 0.3) is 0 Å². The second-order valence-corrected chi connectivity index (χ2v) is 4.61.